The first-order valence-electron chi connectivity index (χ1n) is 8.97. The Morgan fingerprint density at radius 1 is 0.897 bits per heavy atom. The Morgan fingerprint density at radius 3 is 2.03 bits per heavy atom. The molecule has 150 valence electrons. The maximum atomic E-state index is 12.4. The lowest BCUT2D eigenvalue weighted by Gasteiger charge is -2.19. The highest BCUT2D eigenvalue weighted by atomic mass is 32.2. The Kier molecular flexibility index (Phi) is 5.65. The van der Waals surface area contributed by atoms with E-state index in [4.69, 9.17) is 0 Å². The van der Waals surface area contributed by atoms with Crippen LogP contribution in [0.2, 0.25) is 0 Å². The van der Waals surface area contributed by atoms with E-state index in [2.05, 4.69) is 40.8 Å². The second-order valence-electron chi connectivity index (χ2n) is 7.48. The van der Waals surface area contributed by atoms with Gasteiger partial charge < -0.3 is 5.32 Å². The van der Waals surface area contributed by atoms with E-state index in [9.17, 15) is 13.2 Å². The second kappa shape index (κ2) is 8.00. The number of nitrogens with zero attached hydrogens (tertiary/aromatic N) is 2. The molecule has 0 spiro atoms. The molecule has 0 atom stereocenters. The van der Waals surface area contributed by atoms with Crippen LogP contribution in [0.3, 0.4) is 0 Å². The number of nitrogens with one attached hydrogen (secondary N) is 2. The number of amides is 1. The van der Waals surface area contributed by atoms with Crippen LogP contribution in [0.5, 0.6) is 0 Å². The van der Waals surface area contributed by atoms with Crippen molar-refractivity contribution in [3.05, 3.63) is 78.1 Å². The van der Waals surface area contributed by atoms with Crippen LogP contribution in [-0.4, -0.2) is 24.3 Å². The summed E-state index contributed by atoms with van der Waals surface area (Å²) >= 11 is 0. The number of rotatable bonds is 5. The van der Waals surface area contributed by atoms with Crippen LogP contribution < -0.4 is 10.0 Å². The molecular weight excluding hydrogens is 388 g/mol. The van der Waals surface area contributed by atoms with Gasteiger partial charge in [-0.3, -0.25) is 4.79 Å². The van der Waals surface area contributed by atoms with Gasteiger partial charge in [0, 0.05) is 23.6 Å². The third-order valence-electron chi connectivity index (χ3n) is 4.23. The molecule has 1 aromatic heterocycles. The molecule has 8 heteroatoms. The molecule has 1 amide bonds. The summed E-state index contributed by atoms with van der Waals surface area (Å²) in [5.74, 6) is -0.277. The Bertz CT molecular complexity index is 1090. The standard InChI is InChI=1S/C21H22N4O3S/c1-21(2,3)16-7-5-15(6-8-16)19(26)24-17-9-11-18(12-10-17)29(27,28)25-20-22-13-4-14-23-20/h4-14H,1-3H3,(H,24,26)(H,22,23,25). The maximum absolute atomic E-state index is 12.4. The number of sulfonamides is 1. The minimum Gasteiger partial charge on any atom is -0.322 e. The number of anilines is 2. The van der Waals surface area contributed by atoms with Gasteiger partial charge in [0.2, 0.25) is 5.95 Å². The van der Waals surface area contributed by atoms with Gasteiger partial charge >= 0.3 is 0 Å². The molecule has 7 nitrogen and oxygen atoms in total. The summed E-state index contributed by atoms with van der Waals surface area (Å²) < 4.78 is 27.1. The lowest BCUT2D eigenvalue weighted by molar-refractivity contribution is 0.102. The molecule has 0 bridgehead atoms. The minimum atomic E-state index is -3.82. The number of carbonyl (C=O) groups is 1. The number of carbonyl (C=O) groups excluding carboxylic acids is 1. The van der Waals surface area contributed by atoms with E-state index in [1.165, 1.54) is 36.7 Å². The van der Waals surface area contributed by atoms with Gasteiger partial charge in [-0.2, -0.15) is 0 Å². The van der Waals surface area contributed by atoms with E-state index in [0.29, 0.717) is 11.3 Å². The van der Waals surface area contributed by atoms with E-state index in [-0.39, 0.29) is 22.2 Å². The predicted molar refractivity (Wildman–Crippen MR) is 112 cm³/mol. The monoisotopic (exact) mass is 410 g/mol. The fraction of sp³-hybridized carbons (Fsp3) is 0.190. The Hall–Kier alpha value is -3.26. The van der Waals surface area contributed by atoms with Crippen LogP contribution in [0, 0.1) is 0 Å². The predicted octanol–water partition coefficient (Wildman–Crippen LogP) is 3.83. The summed E-state index contributed by atoms with van der Waals surface area (Å²) in [6, 6.07) is 14.9. The van der Waals surface area contributed by atoms with Gasteiger partial charge in [0.25, 0.3) is 15.9 Å². The molecule has 0 saturated heterocycles. The fourth-order valence-electron chi connectivity index (χ4n) is 2.57. The average molecular weight is 410 g/mol. The highest BCUT2D eigenvalue weighted by Crippen LogP contribution is 2.23. The summed E-state index contributed by atoms with van der Waals surface area (Å²) in [5.41, 5.74) is 2.16. The molecule has 2 N–H and O–H groups in total. The number of hydrogen-bond donors (Lipinski definition) is 2. The van der Waals surface area contributed by atoms with Gasteiger partial charge in [-0.25, -0.2) is 23.1 Å². The smallest absolute Gasteiger partial charge is 0.264 e. The van der Waals surface area contributed by atoms with Crippen LogP contribution >= 0.6 is 0 Å². The van der Waals surface area contributed by atoms with Gasteiger partial charge in [0.1, 0.15) is 0 Å². The van der Waals surface area contributed by atoms with Crippen molar-refractivity contribution in [1.82, 2.24) is 9.97 Å². The third-order valence-corrected chi connectivity index (χ3v) is 5.57. The highest BCUT2D eigenvalue weighted by molar-refractivity contribution is 7.92. The summed E-state index contributed by atoms with van der Waals surface area (Å²) in [6.45, 7) is 6.32. The minimum absolute atomic E-state index is 0.00908. The van der Waals surface area contributed by atoms with E-state index < -0.39 is 10.0 Å². The topological polar surface area (TPSA) is 101 Å². The molecule has 0 fully saturated rings. The van der Waals surface area contributed by atoms with Crippen molar-refractivity contribution in [2.24, 2.45) is 0 Å². The first-order valence-corrected chi connectivity index (χ1v) is 10.5. The Balaban J connectivity index is 1.69. The fourth-order valence-corrected chi connectivity index (χ4v) is 3.53. The van der Waals surface area contributed by atoms with Crippen molar-refractivity contribution in [2.75, 3.05) is 10.0 Å². The maximum Gasteiger partial charge on any atom is 0.264 e. The molecule has 3 rings (SSSR count). The average Bonchev–Trinajstić information content (AvgIpc) is 2.68. The Morgan fingerprint density at radius 2 is 1.48 bits per heavy atom. The van der Waals surface area contributed by atoms with Crippen molar-refractivity contribution in [3.63, 3.8) is 0 Å². The summed E-state index contributed by atoms with van der Waals surface area (Å²) in [4.78, 5) is 20.2. The lowest BCUT2D eigenvalue weighted by atomic mass is 9.87. The molecule has 0 aliphatic heterocycles. The summed E-state index contributed by atoms with van der Waals surface area (Å²) in [7, 11) is -3.82. The molecule has 0 aliphatic rings. The van der Waals surface area contributed by atoms with Crippen molar-refractivity contribution < 1.29 is 13.2 Å². The van der Waals surface area contributed by atoms with Gasteiger partial charge in [0.15, 0.2) is 0 Å². The number of aromatic nitrogens is 2. The summed E-state index contributed by atoms with van der Waals surface area (Å²) in [5, 5.41) is 2.77. The lowest BCUT2D eigenvalue weighted by Crippen LogP contribution is -2.16. The number of benzene rings is 2. The van der Waals surface area contributed by atoms with Crippen LogP contribution in [0.1, 0.15) is 36.7 Å². The first-order chi connectivity index (χ1) is 13.6. The van der Waals surface area contributed by atoms with Gasteiger partial charge in [0.05, 0.1) is 4.90 Å². The molecule has 2 aromatic carbocycles. The first kappa shape index (κ1) is 20.5. The van der Waals surface area contributed by atoms with Crippen LogP contribution in [0.15, 0.2) is 71.9 Å². The molecule has 0 saturated carbocycles. The van der Waals surface area contributed by atoms with Crippen molar-refractivity contribution in [2.45, 2.75) is 31.1 Å². The van der Waals surface area contributed by atoms with E-state index in [1.54, 1.807) is 18.2 Å². The number of hydrogen-bond acceptors (Lipinski definition) is 5. The van der Waals surface area contributed by atoms with Gasteiger partial charge in [-0.05, 0) is 53.4 Å². The normalized spacial score (nSPS) is 11.7. The molecule has 0 aliphatic carbocycles. The molecule has 1 heterocycles. The largest absolute Gasteiger partial charge is 0.322 e. The van der Waals surface area contributed by atoms with E-state index >= 15 is 0 Å². The zero-order valence-corrected chi connectivity index (χ0v) is 17.2. The molecule has 0 radical (unpaired) electrons. The van der Waals surface area contributed by atoms with E-state index in [1.807, 2.05) is 12.1 Å². The third kappa shape index (κ3) is 5.17. The molecular formula is C21H22N4O3S. The van der Waals surface area contributed by atoms with Crippen molar-refractivity contribution >= 4 is 27.6 Å². The Labute approximate surface area is 170 Å². The highest BCUT2D eigenvalue weighted by Gasteiger charge is 2.16. The second-order valence-corrected chi connectivity index (χ2v) is 9.17. The molecule has 3 aromatic rings. The van der Waals surface area contributed by atoms with Crippen LogP contribution in [-0.2, 0) is 15.4 Å². The van der Waals surface area contributed by atoms with Crippen molar-refractivity contribution in [3.8, 4) is 0 Å². The SMILES string of the molecule is CC(C)(C)c1ccc(C(=O)Nc2ccc(S(=O)(=O)Nc3ncccn3)cc2)cc1. The van der Waals surface area contributed by atoms with Crippen molar-refractivity contribution in [1.29, 1.82) is 0 Å². The van der Waals surface area contributed by atoms with E-state index in [0.717, 1.165) is 5.56 Å². The van der Waals surface area contributed by atoms with Gasteiger partial charge in [-0.1, -0.05) is 32.9 Å². The zero-order chi connectivity index (χ0) is 21.1. The summed E-state index contributed by atoms with van der Waals surface area (Å²) in [6.07, 6.45) is 2.88. The van der Waals surface area contributed by atoms with Gasteiger partial charge in [-0.15, -0.1) is 0 Å². The van der Waals surface area contributed by atoms with Crippen LogP contribution in [0.4, 0.5) is 11.6 Å². The zero-order valence-electron chi connectivity index (χ0n) is 16.4. The van der Waals surface area contributed by atoms with Crippen LogP contribution in [0.25, 0.3) is 0 Å². The molecule has 29 heavy (non-hydrogen) atoms. The quantitative estimate of drug-likeness (QED) is 0.666. The molecule has 0 unspecified atom stereocenters.